The van der Waals surface area contributed by atoms with Gasteiger partial charge in [0, 0.05) is 10.7 Å². The summed E-state index contributed by atoms with van der Waals surface area (Å²) in [4.78, 5) is 11.8. The minimum atomic E-state index is -0.627. The van der Waals surface area contributed by atoms with E-state index in [1.54, 1.807) is 30.3 Å². The first-order valence-electron chi connectivity index (χ1n) is 6.54. The Bertz CT molecular complexity index is 607. The van der Waals surface area contributed by atoms with Gasteiger partial charge in [0.2, 0.25) is 5.71 Å². The van der Waals surface area contributed by atoms with Crippen LogP contribution in [0.2, 0.25) is 5.02 Å². The first kappa shape index (κ1) is 15.0. The predicted octanol–water partition coefficient (Wildman–Crippen LogP) is 2.68. The third-order valence-electron chi connectivity index (χ3n) is 2.96. The number of nitriles is 1. The van der Waals surface area contributed by atoms with E-state index in [0.29, 0.717) is 10.7 Å². The van der Waals surface area contributed by atoms with Crippen molar-refractivity contribution in [2.24, 2.45) is 10.2 Å². The summed E-state index contributed by atoms with van der Waals surface area (Å²) in [5, 5.41) is 17.3. The standard InChI is InChI=1S/C14H14ClN5O/c15-10-5-7-12(8-6-10)17-19-13(9-16)14(21)20-18-11-3-1-2-4-11/h5-8,17H,1-4H2,(H,20,21). The zero-order valence-corrected chi connectivity index (χ0v) is 12.0. The van der Waals surface area contributed by atoms with Gasteiger partial charge in [0.15, 0.2) is 0 Å². The van der Waals surface area contributed by atoms with Crippen LogP contribution in [0.5, 0.6) is 0 Å². The summed E-state index contributed by atoms with van der Waals surface area (Å²) in [7, 11) is 0. The summed E-state index contributed by atoms with van der Waals surface area (Å²) in [5.74, 6) is -0.627. The molecule has 6 nitrogen and oxygen atoms in total. The smallest absolute Gasteiger partial charge is 0.277 e. The van der Waals surface area contributed by atoms with E-state index < -0.39 is 5.91 Å². The Morgan fingerprint density at radius 3 is 2.52 bits per heavy atom. The molecule has 1 aliphatic carbocycles. The van der Waals surface area contributed by atoms with E-state index in [-0.39, 0.29) is 5.71 Å². The second kappa shape index (κ2) is 7.41. The quantitative estimate of drug-likeness (QED) is 0.662. The van der Waals surface area contributed by atoms with E-state index in [9.17, 15) is 4.79 Å². The molecule has 2 N–H and O–H groups in total. The molecule has 1 aliphatic rings. The van der Waals surface area contributed by atoms with Gasteiger partial charge < -0.3 is 0 Å². The molecule has 0 radical (unpaired) electrons. The average Bonchev–Trinajstić information content (AvgIpc) is 3.01. The lowest BCUT2D eigenvalue weighted by Crippen LogP contribution is -2.27. The molecule has 1 saturated carbocycles. The summed E-state index contributed by atoms with van der Waals surface area (Å²) in [6.45, 7) is 0. The number of carbonyl (C=O) groups is 1. The molecule has 0 unspecified atom stereocenters. The van der Waals surface area contributed by atoms with Gasteiger partial charge >= 0.3 is 5.91 Å². The molecule has 1 aromatic rings. The number of halogens is 1. The van der Waals surface area contributed by atoms with Gasteiger partial charge in [-0.15, -0.1) is 0 Å². The van der Waals surface area contributed by atoms with Crippen LogP contribution in [0.3, 0.4) is 0 Å². The molecule has 1 amide bonds. The van der Waals surface area contributed by atoms with Gasteiger partial charge in [0.1, 0.15) is 6.07 Å². The molecule has 0 aliphatic heterocycles. The molecule has 21 heavy (non-hydrogen) atoms. The predicted molar refractivity (Wildman–Crippen MR) is 82.2 cm³/mol. The number of nitrogens with zero attached hydrogens (tertiary/aromatic N) is 3. The lowest BCUT2D eigenvalue weighted by molar-refractivity contribution is -0.114. The molecular formula is C14H14ClN5O. The second-order valence-corrected chi connectivity index (χ2v) is 4.95. The van der Waals surface area contributed by atoms with Crippen LogP contribution in [0.4, 0.5) is 5.69 Å². The fourth-order valence-electron chi connectivity index (χ4n) is 1.85. The molecule has 7 heteroatoms. The molecule has 2 rings (SSSR count). The van der Waals surface area contributed by atoms with Crippen LogP contribution in [0.1, 0.15) is 25.7 Å². The fourth-order valence-corrected chi connectivity index (χ4v) is 1.98. The minimum absolute atomic E-state index is 0.285. The summed E-state index contributed by atoms with van der Waals surface area (Å²) in [5.41, 5.74) is 6.28. The van der Waals surface area contributed by atoms with E-state index in [1.807, 2.05) is 0 Å². The number of anilines is 1. The van der Waals surface area contributed by atoms with E-state index >= 15 is 0 Å². The summed E-state index contributed by atoms with van der Waals surface area (Å²) >= 11 is 5.76. The van der Waals surface area contributed by atoms with Crippen LogP contribution in [-0.2, 0) is 4.79 Å². The molecule has 0 bridgehead atoms. The number of amides is 1. The normalized spacial score (nSPS) is 14.5. The third-order valence-corrected chi connectivity index (χ3v) is 3.21. The number of nitrogens with one attached hydrogen (secondary N) is 2. The van der Waals surface area contributed by atoms with Crippen molar-refractivity contribution < 1.29 is 4.79 Å². The number of rotatable bonds is 4. The van der Waals surface area contributed by atoms with Crippen molar-refractivity contribution in [3.8, 4) is 6.07 Å². The average molecular weight is 304 g/mol. The maximum absolute atomic E-state index is 11.8. The maximum atomic E-state index is 11.8. The van der Waals surface area contributed by atoms with Crippen molar-refractivity contribution >= 4 is 34.6 Å². The number of hydrogen-bond acceptors (Lipinski definition) is 5. The van der Waals surface area contributed by atoms with Crippen LogP contribution in [-0.4, -0.2) is 17.3 Å². The van der Waals surface area contributed by atoms with Gasteiger partial charge in [0.25, 0.3) is 0 Å². The Kier molecular flexibility index (Phi) is 5.29. The monoisotopic (exact) mass is 303 g/mol. The highest BCUT2D eigenvalue weighted by Crippen LogP contribution is 2.14. The lowest BCUT2D eigenvalue weighted by atomic mass is 10.3. The van der Waals surface area contributed by atoms with Gasteiger partial charge in [-0.25, -0.2) is 5.43 Å². The van der Waals surface area contributed by atoms with E-state index in [4.69, 9.17) is 16.9 Å². The van der Waals surface area contributed by atoms with E-state index in [1.165, 1.54) is 0 Å². The van der Waals surface area contributed by atoms with Crippen LogP contribution in [0.25, 0.3) is 0 Å². The fraction of sp³-hybridized carbons (Fsp3) is 0.286. The number of benzene rings is 1. The van der Waals surface area contributed by atoms with Gasteiger partial charge in [-0.05, 0) is 49.9 Å². The molecular weight excluding hydrogens is 290 g/mol. The molecule has 1 aromatic carbocycles. The van der Waals surface area contributed by atoms with Crippen molar-refractivity contribution in [3.63, 3.8) is 0 Å². The van der Waals surface area contributed by atoms with Crippen molar-refractivity contribution in [1.82, 2.24) is 5.43 Å². The lowest BCUT2D eigenvalue weighted by Gasteiger charge is -2.02. The zero-order valence-electron chi connectivity index (χ0n) is 11.3. The minimum Gasteiger partial charge on any atom is -0.277 e. The number of hydrogen-bond donors (Lipinski definition) is 2. The van der Waals surface area contributed by atoms with Crippen molar-refractivity contribution in [1.29, 1.82) is 5.26 Å². The molecule has 0 spiro atoms. The molecule has 1 fully saturated rings. The molecule has 0 heterocycles. The Labute approximate surface area is 127 Å². The van der Waals surface area contributed by atoms with E-state index in [2.05, 4.69) is 21.1 Å². The second-order valence-electron chi connectivity index (χ2n) is 4.52. The third kappa shape index (κ3) is 4.58. The molecule has 108 valence electrons. The van der Waals surface area contributed by atoms with Crippen molar-refractivity contribution in [2.45, 2.75) is 25.7 Å². The van der Waals surface area contributed by atoms with Crippen LogP contribution in [0, 0.1) is 11.3 Å². The summed E-state index contributed by atoms with van der Waals surface area (Å²) in [6, 6.07) is 8.48. The molecule has 0 saturated heterocycles. The molecule has 0 aromatic heterocycles. The Morgan fingerprint density at radius 2 is 1.90 bits per heavy atom. The Balaban J connectivity index is 1.96. The van der Waals surface area contributed by atoms with Crippen LogP contribution >= 0.6 is 11.6 Å². The van der Waals surface area contributed by atoms with Crippen LogP contribution < -0.4 is 10.9 Å². The highest BCUT2D eigenvalue weighted by atomic mass is 35.5. The topological polar surface area (TPSA) is 89.6 Å². The summed E-state index contributed by atoms with van der Waals surface area (Å²) < 4.78 is 0. The number of hydrazone groups is 2. The van der Waals surface area contributed by atoms with Gasteiger partial charge in [-0.1, -0.05) is 11.6 Å². The first-order valence-corrected chi connectivity index (χ1v) is 6.92. The first-order chi connectivity index (χ1) is 10.2. The Hall–Kier alpha value is -2.39. The Morgan fingerprint density at radius 1 is 1.24 bits per heavy atom. The van der Waals surface area contributed by atoms with Crippen LogP contribution in [0.15, 0.2) is 34.5 Å². The van der Waals surface area contributed by atoms with Gasteiger partial charge in [-0.3, -0.25) is 10.2 Å². The van der Waals surface area contributed by atoms with Crippen molar-refractivity contribution in [3.05, 3.63) is 29.3 Å². The van der Waals surface area contributed by atoms with Gasteiger partial charge in [-0.2, -0.15) is 15.5 Å². The highest BCUT2D eigenvalue weighted by Gasteiger charge is 2.12. The highest BCUT2D eigenvalue weighted by molar-refractivity contribution is 6.45. The summed E-state index contributed by atoms with van der Waals surface area (Å²) in [6.07, 6.45) is 3.96. The van der Waals surface area contributed by atoms with Gasteiger partial charge in [0.05, 0.1) is 5.69 Å². The zero-order chi connectivity index (χ0) is 15.1. The maximum Gasteiger partial charge on any atom is 0.302 e. The SMILES string of the molecule is N#CC(=NNc1ccc(Cl)cc1)C(=O)NN=C1CCCC1. The molecule has 0 atom stereocenters. The van der Waals surface area contributed by atoms with Crippen molar-refractivity contribution in [2.75, 3.05) is 5.43 Å². The largest absolute Gasteiger partial charge is 0.302 e. The van der Waals surface area contributed by atoms with E-state index in [0.717, 1.165) is 31.4 Å². The number of carbonyl (C=O) groups excluding carboxylic acids is 1.